The number of halogens is 3. The van der Waals surface area contributed by atoms with Gasteiger partial charge in [-0.15, -0.1) is 0 Å². The fraction of sp³-hybridized carbons (Fsp3) is 0.500. The van der Waals surface area contributed by atoms with Crippen molar-refractivity contribution >= 4 is 0 Å². The molecular weight excluding hydrogens is 249 g/mol. The third kappa shape index (κ3) is 2.53. The van der Waals surface area contributed by atoms with E-state index < -0.39 is 18.2 Å². The van der Waals surface area contributed by atoms with Crippen LogP contribution in [0.1, 0.15) is 18.9 Å². The standard InChI is InChI=1S/C12H13F3O3/c1-11(16,12(13,14)15)5-4-8-2-3-9-10(6-8)18-7-17-9/h2-3,6,16H,4-5,7H2,1H3. The molecule has 0 aliphatic carbocycles. The number of benzene rings is 1. The van der Waals surface area contributed by atoms with Gasteiger partial charge in [0, 0.05) is 0 Å². The number of alkyl halides is 3. The minimum atomic E-state index is -4.62. The molecule has 0 saturated carbocycles. The second kappa shape index (κ2) is 4.35. The van der Waals surface area contributed by atoms with E-state index in [0.717, 1.165) is 6.92 Å². The van der Waals surface area contributed by atoms with Crippen molar-refractivity contribution in [1.82, 2.24) is 0 Å². The molecule has 0 aromatic heterocycles. The van der Waals surface area contributed by atoms with Crippen LogP contribution < -0.4 is 9.47 Å². The van der Waals surface area contributed by atoms with Gasteiger partial charge in [0.1, 0.15) is 0 Å². The van der Waals surface area contributed by atoms with Gasteiger partial charge >= 0.3 is 6.18 Å². The van der Waals surface area contributed by atoms with Gasteiger partial charge in [-0.2, -0.15) is 13.2 Å². The lowest BCUT2D eigenvalue weighted by molar-refractivity contribution is -0.254. The molecule has 1 aliphatic heterocycles. The van der Waals surface area contributed by atoms with Crippen molar-refractivity contribution in [3.63, 3.8) is 0 Å². The van der Waals surface area contributed by atoms with Gasteiger partial charge in [0.25, 0.3) is 0 Å². The highest BCUT2D eigenvalue weighted by atomic mass is 19.4. The summed E-state index contributed by atoms with van der Waals surface area (Å²) in [6, 6.07) is 4.95. The fourth-order valence-corrected chi connectivity index (χ4v) is 1.63. The number of hydrogen-bond acceptors (Lipinski definition) is 3. The number of aliphatic hydroxyl groups is 1. The van der Waals surface area contributed by atoms with Crippen LogP contribution in [0.2, 0.25) is 0 Å². The van der Waals surface area contributed by atoms with Crippen LogP contribution in [-0.4, -0.2) is 23.7 Å². The highest BCUT2D eigenvalue weighted by Gasteiger charge is 2.49. The van der Waals surface area contributed by atoms with Crippen LogP contribution >= 0.6 is 0 Å². The fourth-order valence-electron chi connectivity index (χ4n) is 1.63. The molecule has 0 fully saturated rings. The van der Waals surface area contributed by atoms with E-state index in [2.05, 4.69) is 0 Å². The molecule has 1 atom stereocenters. The van der Waals surface area contributed by atoms with Crippen molar-refractivity contribution in [2.45, 2.75) is 31.5 Å². The Morgan fingerprint density at radius 1 is 1.22 bits per heavy atom. The highest BCUT2D eigenvalue weighted by molar-refractivity contribution is 5.44. The quantitative estimate of drug-likeness (QED) is 0.910. The molecule has 1 aromatic carbocycles. The third-order valence-corrected chi connectivity index (χ3v) is 2.95. The maximum absolute atomic E-state index is 12.5. The first-order chi connectivity index (χ1) is 8.29. The summed E-state index contributed by atoms with van der Waals surface area (Å²) >= 11 is 0. The summed E-state index contributed by atoms with van der Waals surface area (Å²) in [5.74, 6) is 1.11. The molecule has 3 nitrogen and oxygen atoms in total. The van der Waals surface area contributed by atoms with Gasteiger partial charge in [0.2, 0.25) is 6.79 Å². The zero-order valence-corrected chi connectivity index (χ0v) is 9.75. The summed E-state index contributed by atoms with van der Waals surface area (Å²) < 4.78 is 47.6. The molecule has 100 valence electrons. The maximum atomic E-state index is 12.5. The third-order valence-electron chi connectivity index (χ3n) is 2.95. The molecule has 6 heteroatoms. The predicted octanol–water partition coefficient (Wildman–Crippen LogP) is 2.66. The smallest absolute Gasteiger partial charge is 0.416 e. The van der Waals surface area contributed by atoms with E-state index in [1.165, 1.54) is 0 Å². The first-order valence-electron chi connectivity index (χ1n) is 5.47. The molecule has 0 spiro atoms. The van der Waals surface area contributed by atoms with Crippen molar-refractivity contribution in [2.24, 2.45) is 0 Å². The summed E-state index contributed by atoms with van der Waals surface area (Å²) in [6.07, 6.45) is -4.90. The van der Waals surface area contributed by atoms with E-state index in [4.69, 9.17) is 9.47 Å². The van der Waals surface area contributed by atoms with Crippen LogP contribution in [0.5, 0.6) is 11.5 Å². The van der Waals surface area contributed by atoms with Crippen LogP contribution in [0.4, 0.5) is 13.2 Å². The molecule has 2 rings (SSSR count). The Morgan fingerprint density at radius 2 is 1.89 bits per heavy atom. The van der Waals surface area contributed by atoms with Crippen molar-refractivity contribution in [1.29, 1.82) is 0 Å². The van der Waals surface area contributed by atoms with Gasteiger partial charge in [0.15, 0.2) is 17.1 Å². The number of rotatable bonds is 3. The summed E-state index contributed by atoms with van der Waals surface area (Å²) in [4.78, 5) is 0. The molecule has 18 heavy (non-hydrogen) atoms. The van der Waals surface area contributed by atoms with E-state index in [0.29, 0.717) is 17.1 Å². The molecular formula is C12H13F3O3. The van der Waals surface area contributed by atoms with Crippen molar-refractivity contribution in [2.75, 3.05) is 6.79 Å². The normalized spacial score (nSPS) is 17.6. The van der Waals surface area contributed by atoms with E-state index in [9.17, 15) is 18.3 Å². The first-order valence-corrected chi connectivity index (χ1v) is 5.47. The molecule has 0 radical (unpaired) electrons. The molecule has 0 saturated heterocycles. The Balaban J connectivity index is 2.03. The topological polar surface area (TPSA) is 38.7 Å². The summed E-state index contributed by atoms with van der Waals surface area (Å²) in [6.45, 7) is 0.902. The number of ether oxygens (including phenoxy) is 2. The molecule has 0 bridgehead atoms. The molecule has 1 aliphatic rings. The van der Waals surface area contributed by atoms with E-state index in [-0.39, 0.29) is 13.2 Å². The van der Waals surface area contributed by atoms with Crippen molar-refractivity contribution in [3.8, 4) is 11.5 Å². The van der Waals surface area contributed by atoms with Crippen LogP contribution in [-0.2, 0) is 6.42 Å². The molecule has 1 aromatic rings. The van der Waals surface area contributed by atoms with Crippen LogP contribution in [0.3, 0.4) is 0 Å². The Bertz CT molecular complexity index is 441. The summed E-state index contributed by atoms with van der Waals surface area (Å²) in [7, 11) is 0. The Labute approximate surface area is 102 Å². The monoisotopic (exact) mass is 262 g/mol. The zero-order chi connectivity index (χ0) is 13.4. The Morgan fingerprint density at radius 3 is 2.56 bits per heavy atom. The summed E-state index contributed by atoms with van der Waals surface area (Å²) in [5, 5.41) is 9.32. The molecule has 1 N–H and O–H groups in total. The van der Waals surface area contributed by atoms with Crippen LogP contribution in [0.25, 0.3) is 0 Å². The lowest BCUT2D eigenvalue weighted by Crippen LogP contribution is -2.42. The van der Waals surface area contributed by atoms with Crippen LogP contribution in [0.15, 0.2) is 18.2 Å². The second-order valence-electron chi connectivity index (χ2n) is 4.46. The average Bonchev–Trinajstić information content (AvgIpc) is 2.71. The van der Waals surface area contributed by atoms with Crippen molar-refractivity contribution < 1.29 is 27.8 Å². The largest absolute Gasteiger partial charge is 0.454 e. The van der Waals surface area contributed by atoms with Gasteiger partial charge in [-0.05, 0) is 37.5 Å². The lowest BCUT2D eigenvalue weighted by Gasteiger charge is -2.26. The SMILES string of the molecule is CC(O)(CCc1ccc2c(c1)OCO2)C(F)(F)F. The highest BCUT2D eigenvalue weighted by Crippen LogP contribution is 2.36. The zero-order valence-electron chi connectivity index (χ0n) is 9.75. The van der Waals surface area contributed by atoms with Gasteiger partial charge in [-0.3, -0.25) is 0 Å². The molecule has 1 heterocycles. The summed E-state index contributed by atoms with van der Waals surface area (Å²) in [5.41, 5.74) is -2.01. The molecule has 1 unspecified atom stereocenters. The van der Waals surface area contributed by atoms with Crippen molar-refractivity contribution in [3.05, 3.63) is 23.8 Å². The molecule has 0 amide bonds. The minimum absolute atomic E-state index is 0.114. The average molecular weight is 262 g/mol. The van der Waals surface area contributed by atoms with Gasteiger partial charge < -0.3 is 14.6 Å². The maximum Gasteiger partial charge on any atom is 0.416 e. The minimum Gasteiger partial charge on any atom is -0.454 e. The van der Waals surface area contributed by atoms with E-state index >= 15 is 0 Å². The van der Waals surface area contributed by atoms with Gasteiger partial charge in [0.05, 0.1) is 0 Å². The number of hydrogen-bond donors (Lipinski definition) is 1. The number of fused-ring (bicyclic) bond motifs is 1. The second-order valence-corrected chi connectivity index (χ2v) is 4.46. The van der Waals surface area contributed by atoms with Gasteiger partial charge in [-0.25, -0.2) is 0 Å². The lowest BCUT2D eigenvalue weighted by atomic mass is 9.96. The predicted molar refractivity (Wildman–Crippen MR) is 57.6 cm³/mol. The number of aryl methyl sites for hydroxylation is 1. The van der Waals surface area contributed by atoms with E-state index in [1.807, 2.05) is 0 Å². The Kier molecular flexibility index (Phi) is 3.14. The first kappa shape index (κ1) is 13.0. The Hall–Kier alpha value is -1.43. The van der Waals surface area contributed by atoms with E-state index in [1.54, 1.807) is 18.2 Å². The van der Waals surface area contributed by atoms with Gasteiger partial charge in [-0.1, -0.05) is 6.07 Å². The van der Waals surface area contributed by atoms with Crippen LogP contribution in [0, 0.1) is 0 Å².